The van der Waals surface area contributed by atoms with Gasteiger partial charge in [-0.05, 0) is 42.4 Å². The van der Waals surface area contributed by atoms with Gasteiger partial charge in [0.05, 0.1) is 33.1 Å². The number of hydrogen-bond acceptors (Lipinski definition) is 6. The van der Waals surface area contributed by atoms with E-state index in [0.29, 0.717) is 17.5 Å². The monoisotopic (exact) mass is 380 g/mol. The maximum Gasteiger partial charge on any atom is 0.187 e. The second-order valence-electron chi connectivity index (χ2n) is 5.84. The summed E-state index contributed by atoms with van der Waals surface area (Å²) in [5, 5.41) is 7.82. The first-order valence-electron chi connectivity index (χ1n) is 8.90. The third-order valence-corrected chi connectivity index (χ3v) is 4.08. The van der Waals surface area contributed by atoms with Gasteiger partial charge in [0, 0.05) is 26.2 Å². The van der Waals surface area contributed by atoms with Gasteiger partial charge in [-0.25, -0.2) is 0 Å². The van der Waals surface area contributed by atoms with Crippen molar-refractivity contribution >= 4 is 23.5 Å². The molecular formula is C18H28N4O3S. The van der Waals surface area contributed by atoms with Crippen LogP contribution < -0.4 is 20.2 Å². The molecule has 144 valence electrons. The summed E-state index contributed by atoms with van der Waals surface area (Å²) in [5.41, 5.74) is 3.73. The van der Waals surface area contributed by atoms with E-state index in [-0.39, 0.29) is 0 Å². The number of methoxy groups -OCH3 is 1. The van der Waals surface area contributed by atoms with Gasteiger partial charge in [0.15, 0.2) is 16.6 Å². The number of nitrogens with zero attached hydrogens (tertiary/aromatic N) is 2. The Hall–Kier alpha value is -1.90. The van der Waals surface area contributed by atoms with E-state index in [4.69, 9.17) is 26.4 Å². The molecule has 1 aromatic carbocycles. The summed E-state index contributed by atoms with van der Waals surface area (Å²) in [5.74, 6) is 1.42. The maximum absolute atomic E-state index is 5.64. The highest BCUT2D eigenvalue weighted by atomic mass is 32.1. The Morgan fingerprint density at radius 1 is 1.35 bits per heavy atom. The largest absolute Gasteiger partial charge is 0.493 e. The Morgan fingerprint density at radius 2 is 2.15 bits per heavy atom. The molecular weight excluding hydrogens is 352 g/mol. The molecule has 2 rings (SSSR count). The first-order chi connectivity index (χ1) is 12.7. The Labute approximate surface area is 160 Å². The second kappa shape index (κ2) is 11.7. The summed E-state index contributed by atoms with van der Waals surface area (Å²) in [7, 11) is 1.63. The zero-order chi connectivity index (χ0) is 18.6. The van der Waals surface area contributed by atoms with Gasteiger partial charge in [0.1, 0.15) is 0 Å². The number of nitrogens with one attached hydrogen (secondary N) is 2. The van der Waals surface area contributed by atoms with E-state index in [1.54, 1.807) is 13.3 Å². The van der Waals surface area contributed by atoms with E-state index >= 15 is 0 Å². The molecule has 2 N–H and O–H groups in total. The minimum Gasteiger partial charge on any atom is -0.493 e. The fourth-order valence-corrected chi connectivity index (χ4v) is 2.61. The molecule has 0 saturated carbocycles. The van der Waals surface area contributed by atoms with Gasteiger partial charge in [-0.3, -0.25) is 10.3 Å². The van der Waals surface area contributed by atoms with Crippen molar-refractivity contribution < 1.29 is 14.2 Å². The molecule has 0 radical (unpaired) electrons. The summed E-state index contributed by atoms with van der Waals surface area (Å²) in [6, 6.07) is 5.69. The summed E-state index contributed by atoms with van der Waals surface area (Å²) in [6.07, 6.45) is 2.65. The quantitative estimate of drug-likeness (QED) is 0.383. The molecule has 0 bridgehead atoms. The van der Waals surface area contributed by atoms with Crippen molar-refractivity contribution in [3.63, 3.8) is 0 Å². The summed E-state index contributed by atoms with van der Waals surface area (Å²) < 4.78 is 16.3. The molecule has 0 aliphatic carbocycles. The van der Waals surface area contributed by atoms with E-state index < -0.39 is 0 Å². The molecule has 0 spiro atoms. The van der Waals surface area contributed by atoms with Gasteiger partial charge in [-0.2, -0.15) is 5.10 Å². The minimum absolute atomic E-state index is 0.504. The highest BCUT2D eigenvalue weighted by Gasteiger charge is 2.09. The van der Waals surface area contributed by atoms with Crippen LogP contribution in [0.1, 0.15) is 18.9 Å². The number of ether oxygens (including phenoxy) is 3. The fraction of sp³-hybridized carbons (Fsp3) is 0.556. The molecule has 1 heterocycles. The van der Waals surface area contributed by atoms with Crippen molar-refractivity contribution in [2.45, 2.75) is 13.3 Å². The highest BCUT2D eigenvalue weighted by Crippen LogP contribution is 2.27. The van der Waals surface area contributed by atoms with Gasteiger partial charge in [-0.1, -0.05) is 6.92 Å². The number of hydrogen-bond donors (Lipinski definition) is 2. The number of benzene rings is 1. The number of hydrazone groups is 1. The number of thiocarbonyl (C=S) groups is 1. The SMILES string of the molecule is CCCOc1ccc(/C=N\NC(=S)NCCN2CCOCC2)cc1OC. The lowest BCUT2D eigenvalue weighted by Gasteiger charge is -2.26. The Kier molecular flexibility index (Phi) is 9.16. The van der Waals surface area contributed by atoms with Gasteiger partial charge in [0.25, 0.3) is 0 Å². The molecule has 1 aromatic rings. The van der Waals surface area contributed by atoms with Crippen molar-refractivity contribution in [2.24, 2.45) is 5.10 Å². The van der Waals surface area contributed by atoms with E-state index in [1.807, 2.05) is 18.2 Å². The molecule has 0 aromatic heterocycles. The molecule has 7 nitrogen and oxygen atoms in total. The third kappa shape index (κ3) is 7.15. The van der Waals surface area contributed by atoms with Crippen molar-refractivity contribution in [2.75, 3.05) is 53.1 Å². The zero-order valence-corrected chi connectivity index (χ0v) is 16.3. The number of rotatable bonds is 9. The molecule has 0 unspecified atom stereocenters. The Morgan fingerprint density at radius 3 is 2.88 bits per heavy atom. The van der Waals surface area contributed by atoms with E-state index in [0.717, 1.165) is 57.1 Å². The second-order valence-corrected chi connectivity index (χ2v) is 6.25. The van der Waals surface area contributed by atoms with Crippen LogP contribution in [0.15, 0.2) is 23.3 Å². The van der Waals surface area contributed by atoms with E-state index in [9.17, 15) is 0 Å². The molecule has 26 heavy (non-hydrogen) atoms. The lowest BCUT2D eigenvalue weighted by Crippen LogP contribution is -2.42. The lowest BCUT2D eigenvalue weighted by atomic mass is 10.2. The topological polar surface area (TPSA) is 67.4 Å². The van der Waals surface area contributed by atoms with Crippen LogP contribution in [0.25, 0.3) is 0 Å². The van der Waals surface area contributed by atoms with Crippen LogP contribution in [0.3, 0.4) is 0 Å². The lowest BCUT2D eigenvalue weighted by molar-refractivity contribution is 0.0389. The summed E-state index contributed by atoms with van der Waals surface area (Å²) in [4.78, 5) is 2.34. The van der Waals surface area contributed by atoms with Crippen LogP contribution >= 0.6 is 12.2 Å². The van der Waals surface area contributed by atoms with Crippen molar-refractivity contribution in [3.05, 3.63) is 23.8 Å². The molecule has 1 aliphatic rings. The molecule has 0 amide bonds. The standard InChI is InChI=1S/C18H28N4O3S/c1-3-10-25-16-5-4-15(13-17(16)23-2)14-20-21-18(26)19-6-7-22-8-11-24-12-9-22/h4-5,13-14H,3,6-12H2,1-2H3,(H2,19,21,26)/b20-14-. The van der Waals surface area contributed by atoms with Crippen molar-refractivity contribution in [3.8, 4) is 11.5 Å². The van der Waals surface area contributed by atoms with Crippen LogP contribution in [0.2, 0.25) is 0 Å². The van der Waals surface area contributed by atoms with Crippen LogP contribution in [-0.4, -0.2) is 69.3 Å². The first kappa shape index (κ1) is 20.4. The van der Waals surface area contributed by atoms with Crippen molar-refractivity contribution in [1.29, 1.82) is 0 Å². The van der Waals surface area contributed by atoms with Crippen LogP contribution in [0.5, 0.6) is 11.5 Å². The van der Waals surface area contributed by atoms with E-state index in [2.05, 4.69) is 27.7 Å². The maximum atomic E-state index is 5.64. The van der Waals surface area contributed by atoms with Crippen LogP contribution in [0, 0.1) is 0 Å². The molecule has 8 heteroatoms. The minimum atomic E-state index is 0.504. The Balaban J connectivity index is 1.73. The van der Waals surface area contributed by atoms with Gasteiger partial charge < -0.3 is 19.5 Å². The molecule has 1 fully saturated rings. The average molecular weight is 381 g/mol. The summed E-state index contributed by atoms with van der Waals surface area (Å²) in [6.45, 7) is 7.99. The third-order valence-electron chi connectivity index (χ3n) is 3.85. The predicted octanol–water partition coefficient (Wildman–Crippen LogP) is 1.61. The molecule has 1 aliphatic heterocycles. The van der Waals surface area contributed by atoms with E-state index in [1.165, 1.54) is 0 Å². The Bertz CT molecular complexity index is 592. The first-order valence-corrected chi connectivity index (χ1v) is 9.31. The highest BCUT2D eigenvalue weighted by molar-refractivity contribution is 7.80. The van der Waals surface area contributed by atoms with Gasteiger partial charge in [0.2, 0.25) is 0 Å². The van der Waals surface area contributed by atoms with Gasteiger partial charge in [-0.15, -0.1) is 0 Å². The number of morpholine rings is 1. The van der Waals surface area contributed by atoms with Crippen molar-refractivity contribution in [1.82, 2.24) is 15.6 Å². The summed E-state index contributed by atoms with van der Waals surface area (Å²) >= 11 is 5.23. The smallest absolute Gasteiger partial charge is 0.187 e. The average Bonchev–Trinajstić information content (AvgIpc) is 2.67. The van der Waals surface area contributed by atoms with Gasteiger partial charge >= 0.3 is 0 Å². The van der Waals surface area contributed by atoms with Crippen LogP contribution in [0.4, 0.5) is 0 Å². The van der Waals surface area contributed by atoms with Crippen LogP contribution in [-0.2, 0) is 4.74 Å². The molecule has 0 atom stereocenters. The molecule has 1 saturated heterocycles. The zero-order valence-electron chi connectivity index (χ0n) is 15.5. The predicted molar refractivity (Wildman–Crippen MR) is 107 cm³/mol. The fourth-order valence-electron chi connectivity index (χ4n) is 2.45. The normalized spacial score (nSPS) is 15.0.